The van der Waals surface area contributed by atoms with Gasteiger partial charge in [0.15, 0.2) is 0 Å². The number of hydrogen-bond donors (Lipinski definition) is 2. The number of aromatic carboxylic acids is 1. The van der Waals surface area contributed by atoms with E-state index in [0.717, 1.165) is 5.56 Å². The quantitative estimate of drug-likeness (QED) is 0.378. The Bertz CT molecular complexity index is 1460. The van der Waals surface area contributed by atoms with Gasteiger partial charge in [-0.15, -0.1) is 0 Å². The molecule has 2 heterocycles. The summed E-state index contributed by atoms with van der Waals surface area (Å²) in [6, 6.07) is 13.9. The van der Waals surface area contributed by atoms with Crippen molar-refractivity contribution in [3.05, 3.63) is 99.0 Å². The van der Waals surface area contributed by atoms with E-state index in [-0.39, 0.29) is 16.7 Å². The second-order valence-electron chi connectivity index (χ2n) is 8.20. The number of nitrogens with one attached hydrogen (secondary N) is 1. The van der Waals surface area contributed by atoms with Crippen LogP contribution >= 0.6 is 0 Å². The first-order valence-corrected chi connectivity index (χ1v) is 10.7. The number of carbonyl (C=O) groups is 1. The number of nitrogens with zero attached hydrogens (tertiary/aromatic N) is 2. The van der Waals surface area contributed by atoms with Crippen LogP contribution < -0.4 is 10.9 Å². The Morgan fingerprint density at radius 1 is 1.09 bits per heavy atom. The Morgan fingerprint density at radius 2 is 1.82 bits per heavy atom. The maximum absolute atomic E-state index is 13.3. The maximum atomic E-state index is 13.3. The van der Waals surface area contributed by atoms with E-state index < -0.39 is 18.4 Å². The van der Waals surface area contributed by atoms with Crippen molar-refractivity contribution in [2.75, 3.05) is 5.32 Å². The van der Waals surface area contributed by atoms with Gasteiger partial charge in [-0.3, -0.25) is 9.20 Å². The number of aryl methyl sites for hydroxylation is 1. The van der Waals surface area contributed by atoms with Gasteiger partial charge in [0.25, 0.3) is 12.0 Å². The van der Waals surface area contributed by atoms with E-state index in [4.69, 9.17) is 4.98 Å². The first-order valence-electron chi connectivity index (χ1n) is 10.7. The minimum absolute atomic E-state index is 0.122. The number of para-hydroxylation sites is 1. The van der Waals surface area contributed by atoms with Crippen LogP contribution in [0.25, 0.3) is 16.9 Å². The molecule has 0 aliphatic rings. The van der Waals surface area contributed by atoms with Gasteiger partial charge in [-0.1, -0.05) is 30.3 Å². The van der Waals surface area contributed by atoms with Crippen LogP contribution in [-0.4, -0.2) is 20.5 Å². The molecule has 2 aromatic carbocycles. The molecule has 0 fully saturated rings. The van der Waals surface area contributed by atoms with E-state index in [1.165, 1.54) is 28.7 Å². The highest BCUT2D eigenvalue weighted by atomic mass is 19.3. The number of carboxylic acid groups (broad SMARTS) is 1. The molecular formula is C26H23F2N3O3. The predicted octanol–water partition coefficient (Wildman–Crippen LogP) is 5.79. The number of pyridine rings is 1. The summed E-state index contributed by atoms with van der Waals surface area (Å²) in [5.74, 6) is -1.06. The third-order valence-electron chi connectivity index (χ3n) is 5.72. The molecule has 2 N–H and O–H groups in total. The van der Waals surface area contributed by atoms with Gasteiger partial charge in [0.1, 0.15) is 5.65 Å². The molecule has 4 aromatic rings. The van der Waals surface area contributed by atoms with Gasteiger partial charge in [-0.2, -0.15) is 0 Å². The van der Waals surface area contributed by atoms with E-state index in [1.807, 2.05) is 19.9 Å². The minimum atomic E-state index is -2.64. The number of halogens is 2. The fraction of sp³-hybridized carbons (Fsp3) is 0.192. The largest absolute Gasteiger partial charge is 0.478 e. The van der Waals surface area contributed by atoms with Crippen LogP contribution in [0.2, 0.25) is 0 Å². The maximum Gasteiger partial charge on any atom is 0.337 e. The summed E-state index contributed by atoms with van der Waals surface area (Å²) in [6.45, 7) is 5.32. The van der Waals surface area contributed by atoms with Gasteiger partial charge in [-0.05, 0) is 50.6 Å². The molecule has 0 aliphatic heterocycles. The number of alkyl halides is 2. The normalized spacial score (nSPS) is 12.2. The molecule has 1 atom stereocenters. The van der Waals surface area contributed by atoms with E-state index in [1.54, 1.807) is 37.4 Å². The number of rotatable bonds is 6. The van der Waals surface area contributed by atoms with Crippen molar-refractivity contribution < 1.29 is 18.7 Å². The molecule has 0 radical (unpaired) electrons. The number of benzene rings is 2. The summed E-state index contributed by atoms with van der Waals surface area (Å²) in [7, 11) is 0. The topological polar surface area (TPSA) is 83.7 Å². The van der Waals surface area contributed by atoms with Crippen molar-refractivity contribution in [1.82, 2.24) is 9.38 Å². The van der Waals surface area contributed by atoms with E-state index >= 15 is 0 Å². The molecule has 2 aromatic heterocycles. The summed E-state index contributed by atoms with van der Waals surface area (Å²) < 4.78 is 28.0. The first-order chi connectivity index (χ1) is 16.2. The third-order valence-corrected chi connectivity index (χ3v) is 5.72. The molecular weight excluding hydrogens is 440 g/mol. The molecule has 34 heavy (non-hydrogen) atoms. The Balaban J connectivity index is 1.89. The van der Waals surface area contributed by atoms with Crippen molar-refractivity contribution in [1.29, 1.82) is 0 Å². The van der Waals surface area contributed by atoms with Crippen LogP contribution in [-0.2, 0) is 0 Å². The lowest BCUT2D eigenvalue weighted by atomic mass is 10.0. The molecule has 0 amide bonds. The number of carboxylic acids is 1. The lowest BCUT2D eigenvalue weighted by molar-refractivity contribution is 0.0698. The monoisotopic (exact) mass is 463 g/mol. The highest BCUT2D eigenvalue weighted by molar-refractivity contribution is 5.94. The van der Waals surface area contributed by atoms with Crippen molar-refractivity contribution in [3.63, 3.8) is 0 Å². The number of hydrogen-bond acceptors (Lipinski definition) is 4. The highest BCUT2D eigenvalue weighted by Crippen LogP contribution is 2.29. The fourth-order valence-electron chi connectivity index (χ4n) is 4.02. The summed E-state index contributed by atoms with van der Waals surface area (Å²) >= 11 is 0. The molecule has 0 aliphatic carbocycles. The number of aromatic nitrogens is 2. The van der Waals surface area contributed by atoms with Crippen LogP contribution in [0.4, 0.5) is 14.5 Å². The van der Waals surface area contributed by atoms with Crippen molar-refractivity contribution in [2.24, 2.45) is 0 Å². The molecule has 0 saturated heterocycles. The molecule has 4 rings (SSSR count). The molecule has 0 spiro atoms. The Kier molecular flexibility index (Phi) is 6.15. The second-order valence-corrected chi connectivity index (χ2v) is 8.20. The summed E-state index contributed by atoms with van der Waals surface area (Å²) in [4.78, 5) is 29.6. The molecule has 0 saturated carbocycles. The standard InChI is InChI=1S/C26H23F2N3O3/c1-14-11-20(16(3)29-21-10-5-4-9-19(21)26(33)34)24-30-22(15(2)25(32)31(24)13-14)17-7-6-8-18(12-17)23(27)28/h4-13,16,23,29H,1-3H3,(H,33,34). The van der Waals surface area contributed by atoms with Gasteiger partial charge in [-0.25, -0.2) is 18.6 Å². The lowest BCUT2D eigenvalue weighted by Gasteiger charge is -2.20. The molecule has 174 valence electrons. The Hall–Kier alpha value is -4.07. The first kappa shape index (κ1) is 23.1. The van der Waals surface area contributed by atoms with Gasteiger partial charge < -0.3 is 10.4 Å². The molecule has 8 heteroatoms. The van der Waals surface area contributed by atoms with Crippen LogP contribution in [0.5, 0.6) is 0 Å². The molecule has 0 bridgehead atoms. The Labute approximate surface area is 194 Å². The minimum Gasteiger partial charge on any atom is -0.478 e. The molecule has 6 nitrogen and oxygen atoms in total. The van der Waals surface area contributed by atoms with Crippen LogP contribution in [0.1, 0.15) is 52.0 Å². The van der Waals surface area contributed by atoms with Crippen LogP contribution in [0, 0.1) is 13.8 Å². The highest BCUT2D eigenvalue weighted by Gasteiger charge is 2.19. The number of fused-ring (bicyclic) bond motifs is 1. The van der Waals surface area contributed by atoms with Gasteiger partial charge in [0.05, 0.1) is 17.3 Å². The molecule has 1 unspecified atom stereocenters. The van der Waals surface area contributed by atoms with Crippen LogP contribution in [0.15, 0.2) is 65.6 Å². The zero-order chi connectivity index (χ0) is 24.6. The van der Waals surface area contributed by atoms with E-state index in [0.29, 0.717) is 33.7 Å². The summed E-state index contributed by atoms with van der Waals surface area (Å²) in [5.41, 5.74) is 3.06. The van der Waals surface area contributed by atoms with Crippen molar-refractivity contribution >= 4 is 17.3 Å². The van der Waals surface area contributed by atoms with Gasteiger partial charge in [0, 0.05) is 34.1 Å². The van der Waals surface area contributed by atoms with Crippen LogP contribution in [0.3, 0.4) is 0 Å². The van der Waals surface area contributed by atoms with E-state index in [2.05, 4.69) is 5.32 Å². The SMILES string of the molecule is Cc1cc(C(C)Nc2ccccc2C(=O)O)c2nc(-c3cccc(C(F)F)c3)c(C)c(=O)n2c1. The lowest BCUT2D eigenvalue weighted by Crippen LogP contribution is -2.22. The fourth-order valence-corrected chi connectivity index (χ4v) is 4.02. The van der Waals surface area contributed by atoms with Crippen molar-refractivity contribution in [2.45, 2.75) is 33.2 Å². The summed E-state index contributed by atoms with van der Waals surface area (Å²) in [6.07, 6.45) is -0.961. The van der Waals surface area contributed by atoms with Crippen molar-refractivity contribution in [3.8, 4) is 11.3 Å². The van der Waals surface area contributed by atoms with E-state index in [9.17, 15) is 23.5 Å². The third kappa shape index (κ3) is 4.26. The summed E-state index contributed by atoms with van der Waals surface area (Å²) in [5, 5.41) is 12.7. The Morgan fingerprint density at radius 3 is 2.53 bits per heavy atom. The average Bonchev–Trinajstić information content (AvgIpc) is 2.81. The smallest absolute Gasteiger partial charge is 0.337 e. The zero-order valence-electron chi connectivity index (χ0n) is 18.8. The van der Waals surface area contributed by atoms with Gasteiger partial charge in [0.2, 0.25) is 0 Å². The average molecular weight is 463 g/mol. The number of anilines is 1. The predicted molar refractivity (Wildman–Crippen MR) is 127 cm³/mol. The zero-order valence-corrected chi connectivity index (χ0v) is 18.8. The van der Waals surface area contributed by atoms with Gasteiger partial charge >= 0.3 is 5.97 Å². The second kappa shape index (κ2) is 9.05.